The van der Waals surface area contributed by atoms with E-state index in [2.05, 4.69) is 62.4 Å². The van der Waals surface area contributed by atoms with Crippen LogP contribution in [0.4, 0.5) is 11.8 Å². The number of carbonyl (C=O) groups is 1. The number of nitrogens with two attached hydrogens (primary N) is 1. The molecule has 0 bridgehead atoms. The van der Waals surface area contributed by atoms with Crippen LogP contribution >= 0.6 is 11.3 Å². The Bertz CT molecular complexity index is 1230. The minimum atomic E-state index is -1.35. The molecule has 226 valence electrons. The fourth-order valence-electron chi connectivity index (χ4n) is 3.37. The molecule has 0 spiro atoms. The number of hydrogen-bond acceptors (Lipinski definition) is 14. The molecule has 0 saturated carbocycles. The third kappa shape index (κ3) is 10.8. The molecule has 1 saturated heterocycles. The van der Waals surface area contributed by atoms with Gasteiger partial charge in [-0.1, -0.05) is 12.1 Å². The van der Waals surface area contributed by atoms with Crippen LogP contribution in [0.2, 0.25) is 0 Å². The molecule has 1 unspecified atom stereocenters. The van der Waals surface area contributed by atoms with Crippen LogP contribution in [0.1, 0.15) is 18.0 Å². The maximum atomic E-state index is 11.5. The quantitative estimate of drug-likeness (QED) is 0.175. The fraction of sp³-hybridized carbons (Fsp3) is 0.480. The van der Waals surface area contributed by atoms with Gasteiger partial charge in [-0.2, -0.15) is 4.98 Å². The van der Waals surface area contributed by atoms with E-state index < -0.39 is 48.9 Å². The highest BCUT2D eigenvalue weighted by Gasteiger charge is 2.43. The first-order valence-electron chi connectivity index (χ1n) is 12.5. The number of aromatic nitrogens is 4. The molecule has 0 radical (unpaired) electrons. The van der Waals surface area contributed by atoms with E-state index in [0.29, 0.717) is 0 Å². The van der Waals surface area contributed by atoms with Crippen LogP contribution in [0.25, 0.3) is 0 Å². The lowest BCUT2D eigenvalue weighted by Crippen LogP contribution is -2.36. The van der Waals surface area contributed by atoms with E-state index in [1.165, 1.54) is 11.8 Å². The van der Waals surface area contributed by atoms with Crippen molar-refractivity contribution in [2.24, 2.45) is 0 Å². The molecular formula is C25H37N7O8S. The number of carboxylic acids is 1. The number of ether oxygens (including phenoxy) is 1. The second-order valence-electron chi connectivity index (χ2n) is 9.14. The van der Waals surface area contributed by atoms with Gasteiger partial charge in [0.2, 0.25) is 5.95 Å². The summed E-state index contributed by atoms with van der Waals surface area (Å²) in [5.74, 6) is -0.333. The highest BCUT2D eigenvalue weighted by molar-refractivity contribution is 7.09. The third-order valence-electron chi connectivity index (χ3n) is 5.61. The Morgan fingerprint density at radius 2 is 1.88 bits per heavy atom. The summed E-state index contributed by atoms with van der Waals surface area (Å²) in [7, 11) is 4.20. The summed E-state index contributed by atoms with van der Waals surface area (Å²) in [6.45, 7) is 3.67. The van der Waals surface area contributed by atoms with Crippen LogP contribution in [0, 0.1) is 0 Å². The number of thiophene rings is 1. The summed E-state index contributed by atoms with van der Waals surface area (Å²) in [6.07, 6.45) is -3.05. The van der Waals surface area contributed by atoms with Crippen LogP contribution in [-0.2, 0) is 16.1 Å². The van der Waals surface area contributed by atoms with Gasteiger partial charge < -0.3 is 45.8 Å². The molecule has 4 rings (SSSR count). The Labute approximate surface area is 240 Å². The maximum Gasteiger partial charge on any atom is 0.354 e. The number of carboxylic acid groups (broad SMARTS) is 1. The van der Waals surface area contributed by atoms with Gasteiger partial charge >= 0.3 is 11.7 Å². The van der Waals surface area contributed by atoms with Crippen LogP contribution in [-0.4, -0.2) is 114 Å². The monoisotopic (exact) mass is 595 g/mol. The Kier molecular flexibility index (Phi) is 13.7. The first-order chi connectivity index (χ1) is 19.4. The predicted molar refractivity (Wildman–Crippen MR) is 151 cm³/mol. The van der Waals surface area contributed by atoms with Crippen molar-refractivity contribution in [1.29, 1.82) is 0 Å². The number of likely N-dealkylation sites (N-methyl/N-ethyl adjacent to an activating group) is 1. The zero-order chi connectivity index (χ0) is 30.5. The predicted octanol–water partition coefficient (Wildman–Crippen LogP) is -1.00. The number of aliphatic hydroxyl groups excluding tert-OH is 4. The Hall–Kier alpha value is -3.51. The van der Waals surface area contributed by atoms with Gasteiger partial charge in [0.1, 0.15) is 36.6 Å². The molecule has 1 aliphatic rings. The van der Waals surface area contributed by atoms with Crippen LogP contribution in [0.3, 0.4) is 0 Å². The van der Waals surface area contributed by atoms with Crippen molar-refractivity contribution in [2.45, 2.75) is 44.1 Å². The molecule has 1 fully saturated rings. The number of aliphatic carboxylic acids is 1. The lowest BCUT2D eigenvalue weighted by atomic mass is 10.1. The molecule has 4 heterocycles. The van der Waals surface area contributed by atoms with Gasteiger partial charge in [-0.3, -0.25) is 4.57 Å². The van der Waals surface area contributed by atoms with Crippen LogP contribution in [0.15, 0.2) is 53.0 Å². The van der Waals surface area contributed by atoms with Crippen molar-refractivity contribution >= 4 is 29.1 Å². The van der Waals surface area contributed by atoms with E-state index in [1.54, 1.807) is 11.3 Å². The summed E-state index contributed by atoms with van der Waals surface area (Å²) >= 11 is 1.80. The average molecular weight is 596 g/mol. The molecule has 0 aliphatic carbocycles. The van der Waals surface area contributed by atoms with Crippen LogP contribution < -0.4 is 16.3 Å². The SMILES string of the molecule is CC(O)C(=O)O.CN(C)CCN(Cc1cccs1)c1ccccn1.Nc1ncn([C@@H]2O[C@H](CO)[C@@H](O)[C@H]2O)c(=O)n1. The van der Waals surface area contributed by atoms with Crippen molar-refractivity contribution in [3.05, 3.63) is 63.6 Å². The minimum Gasteiger partial charge on any atom is -0.479 e. The van der Waals surface area contributed by atoms with E-state index in [1.807, 2.05) is 18.3 Å². The first kappa shape index (κ1) is 33.7. The number of aliphatic hydroxyl groups is 4. The van der Waals surface area contributed by atoms with Gasteiger partial charge in [0.15, 0.2) is 6.23 Å². The topological polar surface area (TPSA) is 221 Å². The molecule has 3 aromatic heterocycles. The number of rotatable bonds is 9. The molecule has 16 heteroatoms. The summed E-state index contributed by atoms with van der Waals surface area (Å²) in [4.78, 5) is 38.2. The van der Waals surface area contributed by atoms with Crippen molar-refractivity contribution in [1.82, 2.24) is 24.4 Å². The van der Waals surface area contributed by atoms with Crippen molar-refractivity contribution < 1.29 is 35.1 Å². The minimum absolute atomic E-state index is 0.196. The van der Waals surface area contributed by atoms with Gasteiger partial charge in [0, 0.05) is 24.2 Å². The number of nitrogen functional groups attached to an aromatic ring is 1. The van der Waals surface area contributed by atoms with Gasteiger partial charge in [-0.05, 0) is 44.6 Å². The average Bonchev–Trinajstić information content (AvgIpc) is 3.55. The summed E-state index contributed by atoms with van der Waals surface area (Å²) in [5, 5.41) is 46.0. The number of pyridine rings is 1. The zero-order valence-electron chi connectivity index (χ0n) is 23.0. The third-order valence-corrected chi connectivity index (χ3v) is 6.47. The summed E-state index contributed by atoms with van der Waals surface area (Å²) in [6, 6.07) is 10.3. The van der Waals surface area contributed by atoms with E-state index in [9.17, 15) is 19.8 Å². The van der Waals surface area contributed by atoms with Gasteiger partial charge in [-0.15, -0.1) is 11.3 Å². The summed E-state index contributed by atoms with van der Waals surface area (Å²) in [5.41, 5.74) is 4.46. The Morgan fingerprint density at radius 1 is 1.17 bits per heavy atom. The van der Waals surface area contributed by atoms with Gasteiger partial charge in [0.05, 0.1) is 13.2 Å². The molecule has 0 aromatic carbocycles. The molecule has 5 atom stereocenters. The highest BCUT2D eigenvalue weighted by Crippen LogP contribution is 2.27. The molecule has 0 amide bonds. The number of hydrogen-bond donors (Lipinski definition) is 6. The maximum absolute atomic E-state index is 11.5. The smallest absolute Gasteiger partial charge is 0.354 e. The van der Waals surface area contributed by atoms with E-state index >= 15 is 0 Å². The largest absolute Gasteiger partial charge is 0.479 e. The number of nitrogens with zero attached hydrogens (tertiary/aromatic N) is 6. The van der Waals surface area contributed by atoms with Crippen molar-refractivity contribution in [2.75, 3.05) is 44.4 Å². The number of anilines is 2. The van der Waals surface area contributed by atoms with Gasteiger partial charge in [0.25, 0.3) is 0 Å². The molecule has 15 nitrogen and oxygen atoms in total. The fourth-order valence-corrected chi connectivity index (χ4v) is 4.09. The standard InChI is InChI=1S/C14H19N3S.C8H12N4O5.C3H6O3/c1-16(2)9-10-17(12-13-6-5-11-18-13)14-7-3-4-8-15-14;9-7-10-2-12(8(16)11-7)6-5(15)4(14)3(1-13)17-6;1-2(4)3(5)6/h3-8,11H,9-10,12H2,1-2H3;2-6,13-15H,1H2,(H2,9,11,16);2,4H,1H3,(H,5,6)/t;3-,4-,5-,6-;/m.1./s1. The lowest BCUT2D eigenvalue weighted by Gasteiger charge is -2.24. The molecule has 7 N–H and O–H groups in total. The zero-order valence-corrected chi connectivity index (χ0v) is 23.8. The summed E-state index contributed by atoms with van der Waals surface area (Å²) < 4.78 is 6.04. The van der Waals surface area contributed by atoms with E-state index in [0.717, 1.165) is 36.3 Å². The molecule has 3 aromatic rings. The molecule has 41 heavy (non-hydrogen) atoms. The van der Waals surface area contributed by atoms with Crippen molar-refractivity contribution in [3.63, 3.8) is 0 Å². The van der Waals surface area contributed by atoms with E-state index in [-0.39, 0.29) is 5.95 Å². The Balaban J connectivity index is 0.000000241. The Morgan fingerprint density at radius 3 is 2.37 bits per heavy atom. The normalized spacial score (nSPS) is 20.4. The second-order valence-corrected chi connectivity index (χ2v) is 10.2. The van der Waals surface area contributed by atoms with E-state index in [4.69, 9.17) is 25.8 Å². The highest BCUT2D eigenvalue weighted by atomic mass is 32.1. The van der Waals surface area contributed by atoms with Crippen molar-refractivity contribution in [3.8, 4) is 0 Å². The molecule has 1 aliphatic heterocycles. The molecular weight excluding hydrogens is 558 g/mol. The first-order valence-corrected chi connectivity index (χ1v) is 13.4. The lowest BCUT2D eigenvalue weighted by molar-refractivity contribution is -0.145. The van der Waals surface area contributed by atoms with Gasteiger partial charge in [-0.25, -0.2) is 19.6 Å². The van der Waals surface area contributed by atoms with Crippen LogP contribution in [0.5, 0.6) is 0 Å². The second kappa shape index (κ2) is 16.7.